The Labute approximate surface area is 163 Å². The second kappa shape index (κ2) is 7.98. The van der Waals surface area contributed by atoms with Crippen molar-refractivity contribution >= 4 is 17.2 Å². The van der Waals surface area contributed by atoms with Crippen LogP contribution in [0.5, 0.6) is 0 Å². The van der Waals surface area contributed by atoms with E-state index in [2.05, 4.69) is 43.8 Å². The Morgan fingerprint density at radius 3 is 2.93 bits per heavy atom. The lowest BCUT2D eigenvalue weighted by Gasteiger charge is -2.33. The number of fused-ring (bicyclic) bond motifs is 1. The van der Waals surface area contributed by atoms with Gasteiger partial charge in [0.05, 0.1) is 11.7 Å². The number of nitrogens with one attached hydrogen (secondary N) is 1. The summed E-state index contributed by atoms with van der Waals surface area (Å²) in [6.07, 6.45) is 5.07. The number of hydrogen-bond donors (Lipinski definition) is 1. The summed E-state index contributed by atoms with van der Waals surface area (Å²) < 4.78 is 0. The number of amides is 1. The number of likely N-dealkylation sites (N-methyl/N-ethyl adjacent to an activating group) is 1. The van der Waals surface area contributed by atoms with Gasteiger partial charge in [-0.1, -0.05) is 24.3 Å². The SMILES string of the molecule is CN1Cc2ccccc2C[C@@H]1C(=O)NCCc1csc(-c2cccnc2)n1. The maximum absolute atomic E-state index is 12.7. The molecule has 1 aliphatic heterocycles. The van der Waals surface area contributed by atoms with Crippen LogP contribution in [-0.2, 0) is 24.2 Å². The Hall–Kier alpha value is -2.57. The molecule has 1 amide bonds. The normalized spacial score (nSPS) is 16.7. The van der Waals surface area contributed by atoms with Gasteiger partial charge in [-0.2, -0.15) is 0 Å². The highest BCUT2D eigenvalue weighted by molar-refractivity contribution is 7.13. The van der Waals surface area contributed by atoms with Gasteiger partial charge in [0.2, 0.25) is 5.91 Å². The molecule has 0 fully saturated rings. The number of pyridine rings is 1. The van der Waals surface area contributed by atoms with E-state index in [1.165, 1.54) is 11.1 Å². The van der Waals surface area contributed by atoms with E-state index in [9.17, 15) is 4.79 Å². The van der Waals surface area contributed by atoms with E-state index in [1.807, 2.05) is 31.4 Å². The van der Waals surface area contributed by atoms with E-state index in [-0.39, 0.29) is 11.9 Å². The summed E-state index contributed by atoms with van der Waals surface area (Å²) >= 11 is 1.61. The van der Waals surface area contributed by atoms with Crippen LogP contribution in [0.2, 0.25) is 0 Å². The van der Waals surface area contributed by atoms with E-state index in [0.29, 0.717) is 6.54 Å². The molecule has 0 spiro atoms. The first-order valence-electron chi connectivity index (χ1n) is 9.10. The number of carbonyl (C=O) groups excluding carboxylic acids is 1. The van der Waals surface area contributed by atoms with Crippen molar-refractivity contribution in [1.82, 2.24) is 20.2 Å². The van der Waals surface area contributed by atoms with Crippen LogP contribution >= 0.6 is 11.3 Å². The van der Waals surface area contributed by atoms with Crippen LogP contribution in [-0.4, -0.2) is 40.4 Å². The average molecular weight is 379 g/mol. The maximum atomic E-state index is 12.7. The molecule has 27 heavy (non-hydrogen) atoms. The highest BCUT2D eigenvalue weighted by Gasteiger charge is 2.28. The lowest BCUT2D eigenvalue weighted by molar-refractivity contribution is -0.126. The zero-order valence-corrected chi connectivity index (χ0v) is 16.1. The summed E-state index contributed by atoms with van der Waals surface area (Å²) in [6.45, 7) is 1.41. The zero-order valence-electron chi connectivity index (χ0n) is 15.3. The fraction of sp³-hybridized carbons (Fsp3) is 0.286. The van der Waals surface area contributed by atoms with Gasteiger partial charge >= 0.3 is 0 Å². The van der Waals surface area contributed by atoms with Crippen LogP contribution in [0.25, 0.3) is 10.6 Å². The summed E-state index contributed by atoms with van der Waals surface area (Å²) in [5, 5.41) is 6.10. The molecule has 0 unspecified atom stereocenters. The van der Waals surface area contributed by atoms with Crippen molar-refractivity contribution < 1.29 is 4.79 Å². The van der Waals surface area contributed by atoms with Crippen molar-refractivity contribution in [2.45, 2.75) is 25.4 Å². The van der Waals surface area contributed by atoms with Crippen LogP contribution in [0.4, 0.5) is 0 Å². The summed E-state index contributed by atoms with van der Waals surface area (Å²) in [5.41, 5.74) is 4.62. The van der Waals surface area contributed by atoms with Crippen molar-refractivity contribution in [1.29, 1.82) is 0 Å². The average Bonchev–Trinajstić information content (AvgIpc) is 3.17. The van der Waals surface area contributed by atoms with Gasteiger partial charge in [-0.3, -0.25) is 14.7 Å². The van der Waals surface area contributed by atoms with Gasteiger partial charge in [0.1, 0.15) is 5.01 Å². The van der Waals surface area contributed by atoms with Gasteiger partial charge in [-0.05, 0) is 36.7 Å². The summed E-state index contributed by atoms with van der Waals surface area (Å²) in [4.78, 5) is 23.6. The van der Waals surface area contributed by atoms with E-state index < -0.39 is 0 Å². The predicted octanol–water partition coefficient (Wildman–Crippen LogP) is 2.92. The number of rotatable bonds is 5. The minimum atomic E-state index is -0.110. The van der Waals surface area contributed by atoms with E-state index in [4.69, 9.17) is 0 Å². The third-order valence-corrected chi connectivity index (χ3v) is 5.87. The number of benzene rings is 1. The van der Waals surface area contributed by atoms with Crippen LogP contribution in [0, 0.1) is 0 Å². The Morgan fingerprint density at radius 2 is 2.11 bits per heavy atom. The quantitative estimate of drug-likeness (QED) is 0.742. The second-order valence-corrected chi connectivity index (χ2v) is 7.69. The highest BCUT2D eigenvalue weighted by Crippen LogP contribution is 2.23. The molecule has 0 radical (unpaired) electrons. The third-order valence-electron chi connectivity index (χ3n) is 4.93. The van der Waals surface area contributed by atoms with E-state index in [0.717, 1.165) is 35.7 Å². The van der Waals surface area contributed by atoms with Gasteiger partial charge in [0.25, 0.3) is 0 Å². The van der Waals surface area contributed by atoms with Gasteiger partial charge in [-0.25, -0.2) is 4.98 Å². The van der Waals surface area contributed by atoms with Crippen LogP contribution < -0.4 is 5.32 Å². The molecule has 1 atom stereocenters. The van der Waals surface area contributed by atoms with Gasteiger partial charge < -0.3 is 5.32 Å². The second-order valence-electron chi connectivity index (χ2n) is 6.83. The topological polar surface area (TPSA) is 58.1 Å². The number of aromatic nitrogens is 2. The van der Waals surface area contributed by atoms with Crippen LogP contribution in [0.3, 0.4) is 0 Å². The predicted molar refractivity (Wildman–Crippen MR) is 107 cm³/mol. The molecule has 0 aliphatic carbocycles. The Kier molecular flexibility index (Phi) is 5.27. The van der Waals surface area contributed by atoms with E-state index in [1.54, 1.807) is 17.5 Å². The third kappa shape index (κ3) is 4.07. The Balaban J connectivity index is 1.32. The zero-order chi connectivity index (χ0) is 18.6. The summed E-state index contributed by atoms with van der Waals surface area (Å²) in [5.74, 6) is 0.0923. The molecule has 3 aromatic rings. The molecule has 1 aliphatic rings. The molecule has 6 heteroatoms. The monoisotopic (exact) mass is 378 g/mol. The number of nitrogens with zero attached hydrogens (tertiary/aromatic N) is 3. The first-order valence-corrected chi connectivity index (χ1v) is 9.98. The molecule has 1 N–H and O–H groups in total. The summed E-state index contributed by atoms with van der Waals surface area (Å²) in [7, 11) is 2.01. The number of thiazole rings is 1. The Morgan fingerprint density at radius 1 is 1.26 bits per heavy atom. The molecule has 1 aromatic carbocycles. The highest BCUT2D eigenvalue weighted by atomic mass is 32.1. The smallest absolute Gasteiger partial charge is 0.237 e. The van der Waals surface area contributed by atoms with Gasteiger partial charge in [0.15, 0.2) is 0 Å². The summed E-state index contributed by atoms with van der Waals surface area (Å²) in [6, 6.07) is 12.2. The Bertz CT molecular complexity index is 925. The minimum absolute atomic E-state index is 0.0923. The number of carbonyl (C=O) groups is 1. The molecular weight excluding hydrogens is 356 g/mol. The van der Waals surface area contributed by atoms with Crippen molar-refractivity contribution in [2.24, 2.45) is 0 Å². The molecule has 138 valence electrons. The van der Waals surface area contributed by atoms with Crippen molar-refractivity contribution in [3.63, 3.8) is 0 Å². The largest absolute Gasteiger partial charge is 0.354 e. The molecule has 5 nitrogen and oxygen atoms in total. The molecule has 0 saturated carbocycles. The first-order chi connectivity index (χ1) is 13.2. The lowest BCUT2D eigenvalue weighted by atomic mass is 9.94. The fourth-order valence-electron chi connectivity index (χ4n) is 3.42. The standard InChI is InChI=1S/C21H22N4OS/c1-25-13-17-6-3-2-5-15(17)11-19(25)20(26)23-10-8-18-14-27-21(24-18)16-7-4-9-22-12-16/h2-7,9,12,14,19H,8,10-11,13H2,1H3,(H,23,26)/t19-/m1/s1. The van der Waals surface area contributed by atoms with Crippen molar-refractivity contribution in [3.05, 3.63) is 71.0 Å². The van der Waals surface area contributed by atoms with E-state index >= 15 is 0 Å². The van der Waals surface area contributed by atoms with Crippen molar-refractivity contribution in [3.8, 4) is 10.6 Å². The van der Waals surface area contributed by atoms with Gasteiger partial charge in [0, 0.05) is 42.8 Å². The van der Waals surface area contributed by atoms with Crippen molar-refractivity contribution in [2.75, 3.05) is 13.6 Å². The van der Waals surface area contributed by atoms with Crippen LogP contribution in [0.15, 0.2) is 54.2 Å². The molecular formula is C21H22N4OS. The van der Waals surface area contributed by atoms with Gasteiger partial charge in [-0.15, -0.1) is 11.3 Å². The van der Waals surface area contributed by atoms with Crippen LogP contribution in [0.1, 0.15) is 16.8 Å². The maximum Gasteiger partial charge on any atom is 0.237 e. The first kappa shape index (κ1) is 17.8. The molecule has 2 aromatic heterocycles. The molecule has 4 rings (SSSR count). The molecule has 0 saturated heterocycles. The lowest BCUT2D eigenvalue weighted by Crippen LogP contribution is -2.48. The number of hydrogen-bond acceptors (Lipinski definition) is 5. The molecule has 0 bridgehead atoms. The molecule has 3 heterocycles. The minimum Gasteiger partial charge on any atom is -0.354 e. The fourth-order valence-corrected chi connectivity index (χ4v) is 4.27.